The molecule has 1 nitrogen and oxygen atoms in total. The molecule has 1 aliphatic carbocycles. The fourth-order valence-electron chi connectivity index (χ4n) is 2.06. The average molecular weight is 201 g/mol. The van der Waals surface area contributed by atoms with E-state index in [0.29, 0.717) is 0 Å². The zero-order valence-corrected chi connectivity index (χ0v) is 8.66. The van der Waals surface area contributed by atoms with Gasteiger partial charge in [0.25, 0.3) is 0 Å². The minimum Gasteiger partial charge on any atom is -0.349 e. The third-order valence-electron chi connectivity index (χ3n) is 2.70. The van der Waals surface area contributed by atoms with Gasteiger partial charge in [-0.3, -0.25) is 0 Å². The number of allylic oxidation sites excluding steroid dienone is 1. The van der Waals surface area contributed by atoms with E-state index in [4.69, 9.17) is 0 Å². The summed E-state index contributed by atoms with van der Waals surface area (Å²) in [5, 5.41) is 4.42. The van der Waals surface area contributed by atoms with Crippen LogP contribution in [-0.2, 0) is 6.42 Å². The minimum atomic E-state index is 1.06. The number of fused-ring (bicyclic) bond motifs is 2. The average Bonchev–Trinajstić information content (AvgIpc) is 2.59. The molecule has 1 heterocycles. The van der Waals surface area contributed by atoms with Gasteiger partial charge in [-0.1, -0.05) is 42.6 Å². The van der Waals surface area contributed by atoms with E-state index in [1.165, 1.54) is 21.7 Å². The Hall–Kier alpha value is -1.15. The highest BCUT2D eigenvalue weighted by Gasteiger charge is 2.24. The molecule has 0 amide bonds. The molecule has 0 aromatic heterocycles. The Morgan fingerprint density at radius 1 is 1.21 bits per heavy atom. The van der Waals surface area contributed by atoms with Gasteiger partial charge < -0.3 is 5.32 Å². The molecule has 1 aromatic carbocycles. The van der Waals surface area contributed by atoms with E-state index in [2.05, 4.69) is 36.2 Å². The van der Waals surface area contributed by atoms with Crippen LogP contribution in [0.25, 0.3) is 5.70 Å². The topological polar surface area (TPSA) is 12.0 Å². The highest BCUT2D eigenvalue weighted by Crippen LogP contribution is 2.43. The molecule has 2 heteroatoms. The summed E-state index contributed by atoms with van der Waals surface area (Å²) in [5.41, 5.74) is 4.11. The Bertz CT molecular complexity index is 445. The maximum Gasteiger partial charge on any atom is 0.0698 e. The van der Waals surface area contributed by atoms with Gasteiger partial charge in [0.2, 0.25) is 0 Å². The predicted octanol–water partition coefficient (Wildman–Crippen LogP) is 3.11. The molecule has 1 aliphatic heterocycles. The largest absolute Gasteiger partial charge is 0.349 e. The van der Waals surface area contributed by atoms with Gasteiger partial charge >= 0.3 is 0 Å². The second-order valence-electron chi connectivity index (χ2n) is 3.61. The summed E-state index contributed by atoms with van der Waals surface area (Å²) in [6, 6.07) is 8.62. The molecule has 0 spiro atoms. The van der Waals surface area contributed by atoms with Crippen LogP contribution >= 0.6 is 11.8 Å². The molecule has 0 bridgehead atoms. The van der Waals surface area contributed by atoms with Gasteiger partial charge in [-0.2, -0.15) is 0 Å². The predicted molar refractivity (Wildman–Crippen MR) is 61.5 cm³/mol. The summed E-state index contributed by atoms with van der Waals surface area (Å²) >= 11 is 1.79. The Kier molecular flexibility index (Phi) is 1.71. The van der Waals surface area contributed by atoms with Crippen molar-refractivity contribution in [1.29, 1.82) is 0 Å². The molecule has 0 unspecified atom stereocenters. The van der Waals surface area contributed by atoms with Gasteiger partial charge in [0, 0.05) is 10.5 Å². The van der Waals surface area contributed by atoms with Crippen molar-refractivity contribution in [2.75, 3.05) is 0 Å². The number of hydrogen-bond acceptors (Lipinski definition) is 2. The summed E-state index contributed by atoms with van der Waals surface area (Å²) in [4.78, 5) is 1.45. The van der Waals surface area contributed by atoms with E-state index >= 15 is 0 Å². The second-order valence-corrected chi connectivity index (χ2v) is 4.80. The molecule has 0 saturated carbocycles. The maximum atomic E-state index is 3.96. The summed E-state index contributed by atoms with van der Waals surface area (Å²) in [7, 11) is 0. The van der Waals surface area contributed by atoms with Crippen molar-refractivity contribution in [3.8, 4) is 0 Å². The summed E-state index contributed by atoms with van der Waals surface area (Å²) in [5.74, 6) is 0. The number of thioether (sulfide) groups is 1. The van der Waals surface area contributed by atoms with Crippen LogP contribution < -0.4 is 5.32 Å². The SMILES string of the molecule is C=C1NC2=C(CCc3ccccc32)S1. The molecular formula is C12H11NS. The van der Waals surface area contributed by atoms with E-state index in [-0.39, 0.29) is 0 Å². The summed E-state index contributed by atoms with van der Waals surface area (Å²) in [6.07, 6.45) is 2.32. The summed E-state index contributed by atoms with van der Waals surface area (Å²) < 4.78 is 0. The van der Waals surface area contributed by atoms with Crippen molar-refractivity contribution >= 4 is 17.5 Å². The van der Waals surface area contributed by atoms with E-state index in [1.54, 1.807) is 11.8 Å². The fourth-order valence-corrected chi connectivity index (χ4v) is 2.98. The van der Waals surface area contributed by atoms with Crippen LogP contribution in [0, 0.1) is 0 Å². The number of benzene rings is 1. The van der Waals surface area contributed by atoms with Crippen molar-refractivity contribution in [3.05, 3.63) is 51.9 Å². The van der Waals surface area contributed by atoms with Crippen LogP contribution in [0.4, 0.5) is 0 Å². The monoisotopic (exact) mass is 201 g/mol. The molecule has 70 valence electrons. The van der Waals surface area contributed by atoms with Gasteiger partial charge in [0.15, 0.2) is 0 Å². The van der Waals surface area contributed by atoms with Crippen LogP contribution in [0.1, 0.15) is 17.5 Å². The van der Waals surface area contributed by atoms with Gasteiger partial charge in [-0.25, -0.2) is 0 Å². The standard InChI is InChI=1S/C12H11NS/c1-8-13-12-10-5-3-2-4-9(10)6-7-11(12)14-8/h2-5,13H,1,6-7H2. The van der Waals surface area contributed by atoms with Crippen molar-refractivity contribution < 1.29 is 0 Å². The molecule has 0 saturated heterocycles. The normalized spacial score (nSPS) is 19.0. The van der Waals surface area contributed by atoms with Gasteiger partial charge in [-0.15, -0.1) is 0 Å². The molecule has 1 aromatic rings. The van der Waals surface area contributed by atoms with Crippen molar-refractivity contribution in [1.82, 2.24) is 5.32 Å². The van der Waals surface area contributed by atoms with Crippen LogP contribution in [-0.4, -0.2) is 0 Å². The van der Waals surface area contributed by atoms with Gasteiger partial charge in [0.1, 0.15) is 0 Å². The Morgan fingerprint density at radius 2 is 2.07 bits per heavy atom. The van der Waals surface area contributed by atoms with Crippen LogP contribution in [0.5, 0.6) is 0 Å². The van der Waals surface area contributed by atoms with Gasteiger partial charge in [-0.05, 0) is 18.4 Å². The van der Waals surface area contributed by atoms with Crippen molar-refractivity contribution in [3.63, 3.8) is 0 Å². The van der Waals surface area contributed by atoms with E-state index in [1.807, 2.05) is 0 Å². The highest BCUT2D eigenvalue weighted by atomic mass is 32.2. The zero-order chi connectivity index (χ0) is 9.54. The Balaban J connectivity index is 2.15. The maximum absolute atomic E-state index is 3.96. The van der Waals surface area contributed by atoms with E-state index < -0.39 is 0 Å². The lowest BCUT2D eigenvalue weighted by Gasteiger charge is -2.16. The molecule has 14 heavy (non-hydrogen) atoms. The summed E-state index contributed by atoms with van der Waals surface area (Å²) in [6.45, 7) is 3.96. The molecule has 0 atom stereocenters. The number of rotatable bonds is 0. The van der Waals surface area contributed by atoms with Crippen molar-refractivity contribution in [2.24, 2.45) is 0 Å². The van der Waals surface area contributed by atoms with Crippen LogP contribution in [0.2, 0.25) is 0 Å². The first kappa shape index (κ1) is 8.18. The quantitative estimate of drug-likeness (QED) is 0.692. The molecule has 0 radical (unpaired) electrons. The first-order chi connectivity index (χ1) is 6.84. The zero-order valence-electron chi connectivity index (χ0n) is 7.84. The van der Waals surface area contributed by atoms with Crippen molar-refractivity contribution in [2.45, 2.75) is 12.8 Å². The first-order valence-corrected chi connectivity index (χ1v) is 5.61. The molecular weight excluding hydrogens is 190 g/mol. The lowest BCUT2D eigenvalue weighted by Crippen LogP contribution is -2.09. The Labute approximate surface area is 87.9 Å². The molecule has 1 N–H and O–H groups in total. The molecule has 2 aliphatic rings. The molecule has 3 rings (SSSR count). The minimum absolute atomic E-state index is 1.06. The lowest BCUT2D eigenvalue weighted by molar-refractivity contribution is 0.953. The number of aryl methyl sites for hydroxylation is 1. The van der Waals surface area contributed by atoms with Crippen LogP contribution in [0.3, 0.4) is 0 Å². The number of hydrogen-bond donors (Lipinski definition) is 1. The molecule has 0 fully saturated rings. The van der Waals surface area contributed by atoms with E-state index in [9.17, 15) is 0 Å². The third-order valence-corrected chi connectivity index (χ3v) is 3.70. The first-order valence-electron chi connectivity index (χ1n) is 4.80. The van der Waals surface area contributed by atoms with E-state index in [0.717, 1.165) is 17.9 Å². The van der Waals surface area contributed by atoms with Gasteiger partial charge in [0.05, 0.1) is 10.7 Å². The Morgan fingerprint density at radius 3 is 3.00 bits per heavy atom. The second kappa shape index (κ2) is 2.92. The third kappa shape index (κ3) is 1.11. The van der Waals surface area contributed by atoms with Crippen LogP contribution in [0.15, 0.2) is 40.8 Å². The highest BCUT2D eigenvalue weighted by molar-refractivity contribution is 8.07. The lowest BCUT2D eigenvalue weighted by atomic mass is 9.95. The smallest absolute Gasteiger partial charge is 0.0698 e. The number of nitrogens with one attached hydrogen (secondary N) is 1. The fraction of sp³-hybridized carbons (Fsp3) is 0.167.